The van der Waals surface area contributed by atoms with Gasteiger partial charge in [-0.1, -0.05) is 17.7 Å². The van der Waals surface area contributed by atoms with E-state index < -0.39 is 11.8 Å². The summed E-state index contributed by atoms with van der Waals surface area (Å²) in [6.07, 6.45) is 2.98. The minimum absolute atomic E-state index is 0.112. The number of pyridine rings is 2. The molecule has 7 heteroatoms. The molecule has 2 rings (SSSR count). The molecule has 0 aliphatic carbocycles. The number of anilines is 2. The maximum absolute atomic E-state index is 11.6. The van der Waals surface area contributed by atoms with E-state index in [-0.39, 0.29) is 10.8 Å². The lowest BCUT2D eigenvalue weighted by molar-refractivity contribution is -0.133. The monoisotopic (exact) mass is 276 g/mol. The van der Waals surface area contributed by atoms with Gasteiger partial charge in [0.15, 0.2) is 5.15 Å². The third kappa shape index (κ3) is 3.49. The highest BCUT2D eigenvalue weighted by molar-refractivity contribution is 6.44. The Hall–Kier alpha value is -2.47. The van der Waals surface area contributed by atoms with Gasteiger partial charge in [-0.05, 0) is 24.3 Å². The van der Waals surface area contributed by atoms with Crippen molar-refractivity contribution in [2.45, 2.75) is 0 Å². The summed E-state index contributed by atoms with van der Waals surface area (Å²) in [6.45, 7) is 0. The second-order valence-corrected chi connectivity index (χ2v) is 3.82. The fourth-order valence-electron chi connectivity index (χ4n) is 1.27. The Balaban J connectivity index is 2.01. The minimum atomic E-state index is -0.847. The predicted octanol–water partition coefficient (Wildman–Crippen LogP) is 1.71. The molecule has 0 unspecified atom stereocenters. The molecule has 0 spiro atoms. The number of nitrogens with zero attached hydrogens (tertiary/aromatic N) is 2. The summed E-state index contributed by atoms with van der Waals surface area (Å²) in [5.74, 6) is -1.39. The van der Waals surface area contributed by atoms with E-state index in [1.165, 1.54) is 12.4 Å². The number of hydrogen-bond acceptors (Lipinski definition) is 4. The fourth-order valence-corrected chi connectivity index (χ4v) is 1.43. The van der Waals surface area contributed by atoms with Crippen LogP contribution in [0, 0.1) is 0 Å². The summed E-state index contributed by atoms with van der Waals surface area (Å²) in [5, 5.41) is 4.83. The molecular formula is C12H9ClN4O2. The van der Waals surface area contributed by atoms with Gasteiger partial charge in [0.05, 0.1) is 5.69 Å². The van der Waals surface area contributed by atoms with Crippen LogP contribution in [0.3, 0.4) is 0 Å². The standard InChI is InChI=1S/C12H9ClN4O2/c13-10-8(4-3-7-15-10)16-11(18)12(19)17-9-5-1-2-6-14-9/h1-7H,(H,16,18)(H,14,17,19). The lowest BCUT2D eigenvalue weighted by atomic mass is 10.4. The zero-order chi connectivity index (χ0) is 13.7. The Kier molecular flexibility index (Phi) is 4.04. The number of rotatable bonds is 2. The average molecular weight is 277 g/mol. The largest absolute Gasteiger partial charge is 0.315 e. The number of amides is 2. The minimum Gasteiger partial charge on any atom is -0.315 e. The fraction of sp³-hybridized carbons (Fsp3) is 0. The molecule has 2 heterocycles. The smallest absolute Gasteiger partial charge is 0.315 e. The van der Waals surface area contributed by atoms with Crippen molar-refractivity contribution >= 4 is 34.9 Å². The van der Waals surface area contributed by atoms with Crippen molar-refractivity contribution in [3.05, 3.63) is 47.9 Å². The summed E-state index contributed by atoms with van der Waals surface area (Å²) in [6, 6.07) is 8.10. The zero-order valence-corrected chi connectivity index (χ0v) is 10.4. The SMILES string of the molecule is O=C(Nc1ccccn1)C(=O)Nc1cccnc1Cl. The molecular weight excluding hydrogens is 268 g/mol. The van der Waals surface area contributed by atoms with Crippen LogP contribution in [-0.2, 0) is 9.59 Å². The van der Waals surface area contributed by atoms with Gasteiger partial charge in [-0.25, -0.2) is 9.97 Å². The average Bonchev–Trinajstić information content (AvgIpc) is 2.42. The molecule has 0 aromatic carbocycles. The van der Waals surface area contributed by atoms with Crippen molar-refractivity contribution in [2.75, 3.05) is 10.6 Å². The van der Waals surface area contributed by atoms with Crippen LogP contribution in [-0.4, -0.2) is 21.8 Å². The molecule has 0 fully saturated rings. The van der Waals surface area contributed by atoms with Gasteiger partial charge in [0.25, 0.3) is 0 Å². The van der Waals surface area contributed by atoms with E-state index >= 15 is 0 Å². The van der Waals surface area contributed by atoms with Crippen molar-refractivity contribution < 1.29 is 9.59 Å². The molecule has 2 aromatic rings. The Morgan fingerprint density at radius 3 is 2.37 bits per heavy atom. The van der Waals surface area contributed by atoms with Crippen LogP contribution in [0.25, 0.3) is 0 Å². The molecule has 2 aromatic heterocycles. The van der Waals surface area contributed by atoms with Gasteiger partial charge in [-0.3, -0.25) is 9.59 Å². The molecule has 6 nitrogen and oxygen atoms in total. The van der Waals surface area contributed by atoms with Crippen molar-refractivity contribution in [2.24, 2.45) is 0 Å². The number of aromatic nitrogens is 2. The van der Waals surface area contributed by atoms with Gasteiger partial charge in [-0.15, -0.1) is 0 Å². The molecule has 0 saturated carbocycles. The van der Waals surface area contributed by atoms with Crippen molar-refractivity contribution in [1.29, 1.82) is 0 Å². The van der Waals surface area contributed by atoms with Gasteiger partial charge in [0, 0.05) is 12.4 Å². The number of halogens is 1. The summed E-state index contributed by atoms with van der Waals surface area (Å²) >= 11 is 5.76. The summed E-state index contributed by atoms with van der Waals surface area (Å²) in [5.41, 5.74) is 0.269. The molecule has 0 atom stereocenters. The molecule has 0 aliphatic rings. The van der Waals surface area contributed by atoms with Crippen molar-refractivity contribution in [3.63, 3.8) is 0 Å². The Morgan fingerprint density at radius 2 is 1.68 bits per heavy atom. The van der Waals surface area contributed by atoms with E-state index in [2.05, 4.69) is 20.6 Å². The van der Waals surface area contributed by atoms with Crippen LogP contribution in [0.1, 0.15) is 0 Å². The second kappa shape index (κ2) is 5.92. The van der Waals surface area contributed by atoms with Gasteiger partial charge in [0.1, 0.15) is 5.82 Å². The van der Waals surface area contributed by atoms with Crippen LogP contribution in [0.4, 0.5) is 11.5 Å². The topological polar surface area (TPSA) is 84.0 Å². The molecule has 19 heavy (non-hydrogen) atoms. The second-order valence-electron chi connectivity index (χ2n) is 3.46. The highest BCUT2D eigenvalue weighted by Gasteiger charge is 2.15. The van der Waals surface area contributed by atoms with E-state index in [1.54, 1.807) is 30.3 Å². The molecule has 2 N–H and O–H groups in total. The van der Waals surface area contributed by atoms with E-state index in [4.69, 9.17) is 11.6 Å². The van der Waals surface area contributed by atoms with E-state index in [9.17, 15) is 9.59 Å². The van der Waals surface area contributed by atoms with Crippen molar-refractivity contribution in [3.8, 4) is 0 Å². The molecule has 0 radical (unpaired) electrons. The highest BCUT2D eigenvalue weighted by Crippen LogP contribution is 2.17. The third-order valence-corrected chi connectivity index (χ3v) is 2.42. The maximum atomic E-state index is 11.6. The number of nitrogens with one attached hydrogen (secondary N) is 2. The first kappa shape index (κ1) is 13.0. The van der Waals surface area contributed by atoms with Crippen LogP contribution < -0.4 is 10.6 Å². The number of hydrogen-bond donors (Lipinski definition) is 2. The Bertz CT molecular complexity index is 604. The maximum Gasteiger partial charge on any atom is 0.315 e. The van der Waals surface area contributed by atoms with Gasteiger partial charge in [0.2, 0.25) is 0 Å². The first-order valence-electron chi connectivity index (χ1n) is 5.30. The number of carbonyl (C=O) groups is 2. The van der Waals surface area contributed by atoms with E-state index in [1.807, 2.05) is 0 Å². The molecule has 96 valence electrons. The van der Waals surface area contributed by atoms with Gasteiger partial charge in [-0.2, -0.15) is 0 Å². The quantitative estimate of drug-likeness (QED) is 0.646. The molecule has 0 aliphatic heterocycles. The van der Waals surface area contributed by atoms with Crippen LogP contribution in [0.15, 0.2) is 42.7 Å². The van der Waals surface area contributed by atoms with Gasteiger partial charge >= 0.3 is 11.8 Å². The molecule has 0 saturated heterocycles. The first-order valence-corrected chi connectivity index (χ1v) is 5.68. The predicted molar refractivity (Wildman–Crippen MR) is 70.7 cm³/mol. The normalized spacial score (nSPS) is 9.74. The lowest BCUT2D eigenvalue weighted by Crippen LogP contribution is -2.29. The number of carbonyl (C=O) groups excluding carboxylic acids is 2. The highest BCUT2D eigenvalue weighted by atomic mass is 35.5. The van der Waals surface area contributed by atoms with E-state index in [0.29, 0.717) is 5.82 Å². The molecule has 0 bridgehead atoms. The lowest BCUT2D eigenvalue weighted by Gasteiger charge is -2.06. The summed E-state index contributed by atoms with van der Waals surface area (Å²) in [4.78, 5) is 30.9. The van der Waals surface area contributed by atoms with E-state index in [0.717, 1.165) is 0 Å². The Labute approximate surface area is 113 Å². The zero-order valence-electron chi connectivity index (χ0n) is 9.63. The first-order chi connectivity index (χ1) is 9.16. The van der Waals surface area contributed by atoms with Crippen molar-refractivity contribution in [1.82, 2.24) is 9.97 Å². The Morgan fingerprint density at radius 1 is 0.947 bits per heavy atom. The van der Waals surface area contributed by atoms with Gasteiger partial charge < -0.3 is 10.6 Å². The van der Waals surface area contributed by atoms with Crippen LogP contribution in [0.5, 0.6) is 0 Å². The van der Waals surface area contributed by atoms with Crippen LogP contribution in [0.2, 0.25) is 5.15 Å². The molecule has 2 amide bonds. The third-order valence-electron chi connectivity index (χ3n) is 2.12. The van der Waals surface area contributed by atoms with Crippen LogP contribution >= 0.6 is 11.6 Å². The summed E-state index contributed by atoms with van der Waals surface area (Å²) in [7, 11) is 0. The summed E-state index contributed by atoms with van der Waals surface area (Å²) < 4.78 is 0.